The van der Waals surface area contributed by atoms with Crippen LogP contribution in [0.5, 0.6) is 11.6 Å². The molecule has 4 nitrogen and oxygen atoms in total. The molecule has 0 fully saturated rings. The number of rotatable bonds is 5. The van der Waals surface area contributed by atoms with E-state index in [-0.39, 0.29) is 0 Å². The molecule has 0 amide bonds. The first kappa shape index (κ1) is 18.0. The maximum atomic E-state index is 6.31. The fourth-order valence-electron chi connectivity index (χ4n) is 2.20. The summed E-state index contributed by atoms with van der Waals surface area (Å²) >= 11 is 15.7. The quantitative estimate of drug-likeness (QED) is 0.503. The summed E-state index contributed by atoms with van der Waals surface area (Å²) in [7, 11) is 1.63. The van der Waals surface area contributed by atoms with Gasteiger partial charge in [0, 0.05) is 5.56 Å². The van der Waals surface area contributed by atoms with Gasteiger partial charge < -0.3 is 9.47 Å². The van der Waals surface area contributed by atoms with Gasteiger partial charge in [-0.2, -0.15) is 0 Å². The lowest BCUT2D eigenvalue weighted by Crippen LogP contribution is -2.01. The predicted molar refractivity (Wildman–Crippen MR) is 103 cm³/mol. The van der Waals surface area contributed by atoms with Gasteiger partial charge in [-0.3, -0.25) is 0 Å². The molecule has 0 saturated heterocycles. The van der Waals surface area contributed by atoms with E-state index in [2.05, 4.69) is 25.9 Å². The van der Waals surface area contributed by atoms with E-state index in [1.807, 2.05) is 30.3 Å². The summed E-state index contributed by atoms with van der Waals surface area (Å²) < 4.78 is 11.6. The van der Waals surface area contributed by atoms with Crippen LogP contribution >= 0.6 is 39.1 Å². The van der Waals surface area contributed by atoms with Crippen molar-refractivity contribution in [2.45, 2.75) is 6.61 Å². The lowest BCUT2D eigenvalue weighted by Gasteiger charge is -2.12. The Morgan fingerprint density at radius 1 is 1.08 bits per heavy atom. The minimum absolute atomic E-state index is 0.334. The molecule has 25 heavy (non-hydrogen) atoms. The van der Waals surface area contributed by atoms with E-state index in [1.165, 1.54) is 0 Å². The van der Waals surface area contributed by atoms with E-state index >= 15 is 0 Å². The van der Waals surface area contributed by atoms with Gasteiger partial charge in [0.2, 0.25) is 5.88 Å². The Morgan fingerprint density at radius 2 is 1.84 bits per heavy atom. The van der Waals surface area contributed by atoms with E-state index in [4.69, 9.17) is 32.7 Å². The zero-order valence-electron chi connectivity index (χ0n) is 13.2. The standard InChI is InChI=1S/C18H13BrCl2N2O2/c1-24-12-7-5-11(6-8-12)10-25-18-17(22-9-15(19)23-18)13-3-2-4-14(20)16(13)21/h2-9H,10H2,1H3. The first-order valence-corrected chi connectivity index (χ1v) is 8.86. The van der Waals surface area contributed by atoms with E-state index < -0.39 is 0 Å². The highest BCUT2D eigenvalue weighted by molar-refractivity contribution is 9.10. The number of benzene rings is 2. The largest absolute Gasteiger partial charge is 0.497 e. The summed E-state index contributed by atoms with van der Waals surface area (Å²) in [6.45, 7) is 0.334. The third kappa shape index (κ3) is 4.24. The highest BCUT2D eigenvalue weighted by Crippen LogP contribution is 2.36. The van der Waals surface area contributed by atoms with Crippen molar-refractivity contribution in [1.82, 2.24) is 9.97 Å². The second-order valence-corrected chi connectivity index (χ2v) is 6.68. The van der Waals surface area contributed by atoms with Crippen molar-refractivity contribution in [3.63, 3.8) is 0 Å². The molecule has 1 heterocycles. The van der Waals surface area contributed by atoms with Gasteiger partial charge in [0.1, 0.15) is 22.7 Å². The highest BCUT2D eigenvalue weighted by Gasteiger charge is 2.15. The molecule has 0 aliphatic rings. The average Bonchev–Trinajstić information content (AvgIpc) is 2.63. The van der Waals surface area contributed by atoms with Crippen LogP contribution in [0.2, 0.25) is 10.0 Å². The Kier molecular flexibility index (Phi) is 5.78. The number of halogens is 3. The van der Waals surface area contributed by atoms with Gasteiger partial charge in [-0.05, 0) is 39.7 Å². The van der Waals surface area contributed by atoms with Crippen LogP contribution in [0.15, 0.2) is 53.3 Å². The summed E-state index contributed by atoms with van der Waals surface area (Å²) in [4.78, 5) is 8.77. The van der Waals surface area contributed by atoms with Gasteiger partial charge in [-0.1, -0.05) is 47.5 Å². The van der Waals surface area contributed by atoms with Crippen LogP contribution in [0.4, 0.5) is 0 Å². The second kappa shape index (κ2) is 8.04. The zero-order valence-corrected chi connectivity index (χ0v) is 16.3. The number of ether oxygens (including phenoxy) is 2. The molecule has 1 aromatic heterocycles. The third-order valence-corrected chi connectivity index (χ3v) is 4.65. The van der Waals surface area contributed by atoms with Crippen LogP contribution in [-0.2, 0) is 6.61 Å². The molecule has 0 N–H and O–H groups in total. The van der Waals surface area contributed by atoms with Crippen LogP contribution in [0, 0.1) is 0 Å². The van der Waals surface area contributed by atoms with Gasteiger partial charge in [-0.25, -0.2) is 9.97 Å². The fourth-order valence-corrected chi connectivity index (χ4v) is 2.85. The molecule has 0 spiro atoms. The number of hydrogen-bond acceptors (Lipinski definition) is 4. The van der Waals surface area contributed by atoms with E-state index in [9.17, 15) is 0 Å². The number of aromatic nitrogens is 2. The van der Waals surface area contributed by atoms with Gasteiger partial charge in [0.25, 0.3) is 0 Å². The van der Waals surface area contributed by atoms with Crippen molar-refractivity contribution < 1.29 is 9.47 Å². The lowest BCUT2D eigenvalue weighted by atomic mass is 10.1. The molecule has 0 unspecified atom stereocenters. The Morgan fingerprint density at radius 3 is 2.56 bits per heavy atom. The fraction of sp³-hybridized carbons (Fsp3) is 0.111. The Bertz CT molecular complexity index is 889. The molecule has 0 saturated carbocycles. The summed E-state index contributed by atoms with van der Waals surface area (Å²) in [5, 5.41) is 0.861. The summed E-state index contributed by atoms with van der Waals surface area (Å²) in [5.41, 5.74) is 2.17. The summed E-state index contributed by atoms with van der Waals surface area (Å²) in [6, 6.07) is 13.0. The van der Waals surface area contributed by atoms with Crippen molar-refractivity contribution in [3.05, 3.63) is 68.9 Å². The second-order valence-electron chi connectivity index (χ2n) is 5.08. The van der Waals surface area contributed by atoms with Crippen molar-refractivity contribution in [2.75, 3.05) is 7.11 Å². The van der Waals surface area contributed by atoms with E-state index in [1.54, 1.807) is 25.4 Å². The molecule has 0 aliphatic heterocycles. The topological polar surface area (TPSA) is 44.2 Å². The van der Waals surface area contributed by atoms with Crippen molar-refractivity contribution in [2.24, 2.45) is 0 Å². The Balaban J connectivity index is 1.90. The number of nitrogens with zero attached hydrogens (tertiary/aromatic N) is 2. The Labute approximate surface area is 163 Å². The van der Waals surface area contributed by atoms with Crippen molar-refractivity contribution >= 4 is 39.1 Å². The van der Waals surface area contributed by atoms with Crippen LogP contribution in [-0.4, -0.2) is 17.1 Å². The average molecular weight is 440 g/mol. The maximum absolute atomic E-state index is 6.31. The predicted octanol–water partition coefficient (Wildman–Crippen LogP) is 5.80. The van der Waals surface area contributed by atoms with Gasteiger partial charge in [-0.15, -0.1) is 0 Å². The SMILES string of the molecule is COc1ccc(COc2nc(Br)cnc2-c2cccc(Cl)c2Cl)cc1. The normalized spacial score (nSPS) is 10.6. The van der Waals surface area contributed by atoms with E-state index in [0.717, 1.165) is 11.3 Å². The first-order valence-electron chi connectivity index (χ1n) is 7.31. The molecular weight excluding hydrogens is 427 g/mol. The van der Waals surface area contributed by atoms with Crippen LogP contribution in [0.3, 0.4) is 0 Å². The zero-order chi connectivity index (χ0) is 17.8. The summed E-state index contributed by atoms with van der Waals surface area (Å²) in [6.07, 6.45) is 1.59. The number of methoxy groups -OCH3 is 1. The summed E-state index contributed by atoms with van der Waals surface area (Å²) in [5.74, 6) is 1.16. The molecule has 2 aromatic carbocycles. The maximum Gasteiger partial charge on any atom is 0.242 e. The molecule has 3 rings (SSSR count). The van der Waals surface area contributed by atoms with Crippen molar-refractivity contribution in [3.8, 4) is 22.9 Å². The minimum Gasteiger partial charge on any atom is -0.497 e. The molecule has 128 valence electrons. The van der Waals surface area contributed by atoms with E-state index in [0.29, 0.717) is 38.4 Å². The van der Waals surface area contributed by atoms with Crippen molar-refractivity contribution in [1.29, 1.82) is 0 Å². The smallest absolute Gasteiger partial charge is 0.242 e. The van der Waals surface area contributed by atoms with Gasteiger partial charge >= 0.3 is 0 Å². The van der Waals surface area contributed by atoms with Gasteiger partial charge in [0.05, 0.1) is 23.4 Å². The van der Waals surface area contributed by atoms with Crippen LogP contribution in [0.25, 0.3) is 11.3 Å². The third-order valence-electron chi connectivity index (χ3n) is 3.45. The molecule has 0 atom stereocenters. The lowest BCUT2D eigenvalue weighted by molar-refractivity contribution is 0.293. The molecule has 3 aromatic rings. The molecule has 0 aliphatic carbocycles. The molecule has 0 bridgehead atoms. The minimum atomic E-state index is 0.334. The number of hydrogen-bond donors (Lipinski definition) is 0. The van der Waals surface area contributed by atoms with Crippen LogP contribution in [0.1, 0.15) is 5.56 Å². The molecular formula is C18H13BrCl2N2O2. The Hall–Kier alpha value is -1.82. The van der Waals surface area contributed by atoms with Gasteiger partial charge in [0.15, 0.2) is 0 Å². The highest BCUT2D eigenvalue weighted by atomic mass is 79.9. The molecule has 0 radical (unpaired) electrons. The van der Waals surface area contributed by atoms with Crippen LogP contribution < -0.4 is 9.47 Å². The first-order chi connectivity index (χ1) is 12.1. The monoisotopic (exact) mass is 438 g/mol. The molecule has 7 heteroatoms.